The van der Waals surface area contributed by atoms with Gasteiger partial charge in [0, 0.05) is 6.42 Å². The van der Waals surface area contributed by atoms with Gasteiger partial charge in [0.25, 0.3) is 0 Å². The van der Waals surface area contributed by atoms with E-state index in [0.29, 0.717) is 6.42 Å². The molecular formula is C19H32F2O4. The quantitative estimate of drug-likeness (QED) is 0.104. The van der Waals surface area contributed by atoms with E-state index in [4.69, 9.17) is 4.74 Å². The Morgan fingerprint density at radius 2 is 1.36 bits per heavy atom. The Hall–Kier alpha value is -1.46. The zero-order valence-electron chi connectivity index (χ0n) is 15.5. The van der Waals surface area contributed by atoms with Crippen LogP contribution >= 0.6 is 0 Å². The smallest absolute Gasteiger partial charge is 0.345 e. The number of halogens is 2. The van der Waals surface area contributed by atoms with Gasteiger partial charge in [0.05, 0.1) is 6.61 Å². The highest BCUT2D eigenvalue weighted by molar-refractivity contribution is 6.18. The zero-order chi connectivity index (χ0) is 19.1. The molecule has 0 radical (unpaired) electrons. The molecule has 0 aliphatic heterocycles. The Morgan fingerprint density at radius 1 is 0.880 bits per heavy atom. The molecule has 0 aliphatic carbocycles. The van der Waals surface area contributed by atoms with Gasteiger partial charge in [-0.1, -0.05) is 71.6 Å². The maximum Gasteiger partial charge on any atom is 0.345 e. The van der Waals surface area contributed by atoms with Crippen LogP contribution in [0.2, 0.25) is 0 Å². The number of ether oxygens (including phenoxy) is 1. The predicted octanol–water partition coefficient (Wildman–Crippen LogP) is 5.51. The van der Waals surface area contributed by atoms with Crippen molar-refractivity contribution in [2.45, 2.75) is 90.9 Å². The lowest BCUT2D eigenvalue weighted by Gasteiger charge is -2.09. The van der Waals surface area contributed by atoms with Crippen LogP contribution in [0.4, 0.5) is 8.78 Å². The van der Waals surface area contributed by atoms with E-state index >= 15 is 0 Å². The van der Waals surface area contributed by atoms with Gasteiger partial charge < -0.3 is 9.84 Å². The number of unbranched alkanes of at least 4 members (excludes halogenated alkanes) is 9. The molecule has 0 aromatic carbocycles. The summed E-state index contributed by atoms with van der Waals surface area (Å²) in [5.74, 6) is -3.51. The Morgan fingerprint density at radius 3 is 1.80 bits per heavy atom. The molecule has 1 N–H and O–H groups in total. The molecule has 0 saturated carbocycles. The van der Waals surface area contributed by atoms with Crippen molar-refractivity contribution in [2.75, 3.05) is 6.61 Å². The Labute approximate surface area is 149 Å². The minimum absolute atomic E-state index is 0.0619. The van der Waals surface area contributed by atoms with Crippen LogP contribution in [0, 0.1) is 0 Å². The first-order valence-electron chi connectivity index (χ1n) is 9.37. The van der Waals surface area contributed by atoms with Crippen LogP contribution in [-0.2, 0) is 14.3 Å². The summed E-state index contributed by atoms with van der Waals surface area (Å²) in [6, 6.07) is 0. The number of allylic oxidation sites excluding steroid dienone is 1. The van der Waals surface area contributed by atoms with E-state index in [9.17, 15) is 23.5 Å². The molecule has 0 aromatic rings. The number of alkyl halides is 2. The summed E-state index contributed by atoms with van der Waals surface area (Å²) in [5, 5.41) is 9.51. The van der Waals surface area contributed by atoms with Crippen LogP contribution in [0.15, 0.2) is 11.3 Å². The number of carbonyl (C=O) groups excluding carboxylic acids is 2. The molecule has 0 aliphatic rings. The largest absolute Gasteiger partial charge is 0.511 e. The number of hydrogen-bond donors (Lipinski definition) is 1. The van der Waals surface area contributed by atoms with Crippen LogP contribution in [0.3, 0.4) is 0 Å². The maximum atomic E-state index is 12.5. The van der Waals surface area contributed by atoms with Crippen LogP contribution in [0.5, 0.6) is 0 Å². The van der Waals surface area contributed by atoms with Crippen LogP contribution in [0.1, 0.15) is 84.5 Å². The van der Waals surface area contributed by atoms with E-state index in [2.05, 4.69) is 6.92 Å². The average molecular weight is 362 g/mol. The molecule has 146 valence electrons. The molecular weight excluding hydrogens is 330 g/mol. The van der Waals surface area contributed by atoms with Gasteiger partial charge in [0.2, 0.25) is 5.78 Å². The van der Waals surface area contributed by atoms with E-state index in [0.717, 1.165) is 19.3 Å². The second-order valence-corrected chi connectivity index (χ2v) is 6.16. The number of esters is 1. The van der Waals surface area contributed by atoms with Gasteiger partial charge in [-0.2, -0.15) is 0 Å². The number of ketones is 1. The highest BCUT2D eigenvalue weighted by Gasteiger charge is 2.30. The summed E-state index contributed by atoms with van der Waals surface area (Å²) in [4.78, 5) is 23.1. The zero-order valence-corrected chi connectivity index (χ0v) is 15.5. The maximum absolute atomic E-state index is 12.5. The number of hydrogen-bond acceptors (Lipinski definition) is 4. The lowest BCUT2D eigenvalue weighted by atomic mass is 10.1. The van der Waals surface area contributed by atoms with Gasteiger partial charge in [-0.05, 0) is 6.42 Å². The monoisotopic (exact) mass is 362 g/mol. The first-order chi connectivity index (χ1) is 12.0. The topological polar surface area (TPSA) is 63.6 Å². The summed E-state index contributed by atoms with van der Waals surface area (Å²) in [5.41, 5.74) is -0.926. The summed E-state index contributed by atoms with van der Waals surface area (Å²) >= 11 is 0. The molecule has 6 heteroatoms. The third kappa shape index (κ3) is 10.9. The van der Waals surface area contributed by atoms with Crippen LogP contribution in [0.25, 0.3) is 0 Å². The molecule has 0 saturated heterocycles. The Kier molecular flexibility index (Phi) is 14.0. The van der Waals surface area contributed by atoms with Gasteiger partial charge in [-0.25, -0.2) is 13.6 Å². The number of aliphatic hydroxyl groups excluding tert-OH is 1. The average Bonchev–Trinajstić information content (AvgIpc) is 2.59. The van der Waals surface area contributed by atoms with E-state index < -0.39 is 29.5 Å². The van der Waals surface area contributed by atoms with Crippen molar-refractivity contribution in [3.05, 3.63) is 11.3 Å². The van der Waals surface area contributed by atoms with E-state index in [1.54, 1.807) is 0 Å². The molecule has 0 fully saturated rings. The molecule has 0 heterocycles. The molecule has 0 atom stereocenters. The first-order valence-corrected chi connectivity index (χ1v) is 9.37. The van der Waals surface area contributed by atoms with Crippen LogP contribution < -0.4 is 0 Å². The lowest BCUT2D eigenvalue weighted by molar-refractivity contribution is -0.142. The minimum Gasteiger partial charge on any atom is -0.511 e. The van der Waals surface area contributed by atoms with Crippen molar-refractivity contribution in [3.63, 3.8) is 0 Å². The molecule has 4 nitrogen and oxygen atoms in total. The molecule has 0 amide bonds. The molecule has 0 aromatic heterocycles. The normalized spacial score (nSPS) is 12.2. The summed E-state index contributed by atoms with van der Waals surface area (Å²) in [7, 11) is 0. The lowest BCUT2D eigenvalue weighted by Crippen LogP contribution is -2.23. The number of rotatable bonds is 15. The van der Waals surface area contributed by atoms with Gasteiger partial charge in [-0.15, -0.1) is 0 Å². The Bertz CT molecular complexity index is 420. The van der Waals surface area contributed by atoms with Crippen molar-refractivity contribution in [3.8, 4) is 0 Å². The first kappa shape index (κ1) is 23.5. The third-order valence-corrected chi connectivity index (χ3v) is 4.00. The Balaban J connectivity index is 3.93. The van der Waals surface area contributed by atoms with Crippen molar-refractivity contribution in [1.82, 2.24) is 0 Å². The number of carbonyl (C=O) groups is 2. The second-order valence-electron chi connectivity index (χ2n) is 6.16. The van der Waals surface area contributed by atoms with Crippen molar-refractivity contribution >= 4 is 11.8 Å². The van der Waals surface area contributed by atoms with Crippen LogP contribution in [-0.4, -0.2) is 29.9 Å². The van der Waals surface area contributed by atoms with E-state index in [-0.39, 0.29) is 13.0 Å². The van der Waals surface area contributed by atoms with Crippen molar-refractivity contribution < 1.29 is 28.2 Å². The third-order valence-electron chi connectivity index (χ3n) is 4.00. The summed E-state index contributed by atoms with van der Waals surface area (Å²) in [6.07, 6.45) is 7.79. The molecule has 0 bridgehead atoms. The van der Waals surface area contributed by atoms with Crippen molar-refractivity contribution in [2.24, 2.45) is 0 Å². The van der Waals surface area contributed by atoms with E-state index in [1.165, 1.54) is 45.4 Å². The fourth-order valence-electron chi connectivity index (χ4n) is 2.47. The second kappa shape index (κ2) is 14.8. The highest BCUT2D eigenvalue weighted by atomic mass is 19.3. The summed E-state index contributed by atoms with van der Waals surface area (Å²) in [6.45, 7) is 3.72. The highest BCUT2D eigenvalue weighted by Crippen LogP contribution is 2.15. The fraction of sp³-hybridized carbons (Fsp3) is 0.789. The van der Waals surface area contributed by atoms with Crippen molar-refractivity contribution in [1.29, 1.82) is 0 Å². The standard InChI is InChI=1S/C19H32F2O4/c1-3-5-6-7-8-9-10-11-12-13-14-25-19(24)16(15(22)4-2)17(23)18(20)21/h18,22H,3-14H2,1-2H3/b16-15-. The minimum atomic E-state index is -3.34. The van der Waals surface area contributed by atoms with Gasteiger partial charge in [0.15, 0.2) is 0 Å². The van der Waals surface area contributed by atoms with Gasteiger partial charge in [-0.3, -0.25) is 4.79 Å². The van der Waals surface area contributed by atoms with Gasteiger partial charge in [0.1, 0.15) is 11.3 Å². The molecule has 0 unspecified atom stereocenters. The number of Topliss-reactive ketones (excluding diaryl/α,β-unsaturated/α-hetero) is 1. The predicted molar refractivity (Wildman–Crippen MR) is 93.8 cm³/mol. The summed E-state index contributed by atoms with van der Waals surface area (Å²) < 4.78 is 29.8. The molecule has 25 heavy (non-hydrogen) atoms. The van der Waals surface area contributed by atoms with E-state index in [1.807, 2.05) is 0 Å². The SMILES string of the molecule is CCCCCCCCCCCCOC(=O)/C(C(=O)C(F)F)=C(\O)CC. The molecule has 0 rings (SSSR count). The number of aliphatic hydroxyl groups is 1. The van der Waals surface area contributed by atoms with Gasteiger partial charge >= 0.3 is 12.4 Å². The molecule has 0 spiro atoms. The fourth-order valence-corrected chi connectivity index (χ4v) is 2.47.